The first-order valence-corrected chi connectivity index (χ1v) is 3.88. The predicted octanol–water partition coefficient (Wildman–Crippen LogP) is 1.05. The molecule has 0 radical (unpaired) electrons. The molecule has 0 saturated heterocycles. The van der Waals surface area contributed by atoms with Crippen molar-refractivity contribution in [3.05, 3.63) is 29.3 Å². The number of hydrogen-bond donors (Lipinski definition) is 1. The second-order valence-electron chi connectivity index (χ2n) is 2.79. The predicted molar refractivity (Wildman–Crippen MR) is 45.5 cm³/mol. The molecule has 1 aromatic heterocycles. The standard InChI is InChI=1S/C9H8FNO3/c1-5(12)8-3-6(10)2-7(11-8)4-9(13)14/h2-3H,4H2,1H3,(H,13,14). The Morgan fingerprint density at radius 3 is 2.64 bits per heavy atom. The van der Waals surface area contributed by atoms with E-state index in [1.165, 1.54) is 6.92 Å². The first kappa shape index (κ1) is 10.3. The maximum absolute atomic E-state index is 12.9. The van der Waals surface area contributed by atoms with E-state index in [9.17, 15) is 14.0 Å². The lowest BCUT2D eigenvalue weighted by Gasteiger charge is -2.00. The number of carbonyl (C=O) groups is 2. The van der Waals surface area contributed by atoms with Crippen LogP contribution < -0.4 is 0 Å². The van der Waals surface area contributed by atoms with Crippen molar-refractivity contribution in [3.8, 4) is 0 Å². The largest absolute Gasteiger partial charge is 0.481 e. The number of aliphatic carboxylic acids is 1. The van der Waals surface area contributed by atoms with Crippen molar-refractivity contribution in [3.63, 3.8) is 0 Å². The maximum atomic E-state index is 12.9. The SMILES string of the molecule is CC(=O)c1cc(F)cc(CC(=O)O)n1. The number of carboxylic acid groups (broad SMARTS) is 1. The summed E-state index contributed by atoms with van der Waals surface area (Å²) < 4.78 is 12.9. The summed E-state index contributed by atoms with van der Waals surface area (Å²) >= 11 is 0. The number of nitrogens with zero attached hydrogens (tertiary/aromatic N) is 1. The van der Waals surface area contributed by atoms with Crippen molar-refractivity contribution >= 4 is 11.8 Å². The fourth-order valence-corrected chi connectivity index (χ4v) is 0.977. The monoisotopic (exact) mass is 197 g/mol. The molecule has 0 amide bonds. The number of aromatic nitrogens is 1. The highest BCUT2D eigenvalue weighted by Crippen LogP contribution is 2.06. The fraction of sp³-hybridized carbons (Fsp3) is 0.222. The van der Waals surface area contributed by atoms with Crippen LogP contribution in [0.1, 0.15) is 23.1 Å². The minimum atomic E-state index is -1.11. The Bertz CT molecular complexity index is 390. The lowest BCUT2D eigenvalue weighted by Crippen LogP contribution is -2.06. The van der Waals surface area contributed by atoms with Gasteiger partial charge in [0.25, 0.3) is 0 Å². The highest BCUT2D eigenvalue weighted by atomic mass is 19.1. The zero-order chi connectivity index (χ0) is 10.7. The topological polar surface area (TPSA) is 67.3 Å². The van der Waals surface area contributed by atoms with Crippen LogP contribution in [0.3, 0.4) is 0 Å². The average molecular weight is 197 g/mol. The first-order chi connectivity index (χ1) is 6.49. The van der Waals surface area contributed by atoms with Crippen molar-refractivity contribution in [1.29, 1.82) is 0 Å². The van der Waals surface area contributed by atoms with E-state index in [0.717, 1.165) is 12.1 Å². The zero-order valence-electron chi connectivity index (χ0n) is 7.45. The summed E-state index contributed by atoms with van der Waals surface area (Å²) in [7, 11) is 0. The Labute approximate surface area is 79.4 Å². The van der Waals surface area contributed by atoms with E-state index in [-0.39, 0.29) is 11.4 Å². The van der Waals surface area contributed by atoms with E-state index >= 15 is 0 Å². The number of Topliss-reactive ketones (excluding diaryl/α,β-unsaturated/α-hetero) is 1. The third-order valence-corrected chi connectivity index (χ3v) is 1.54. The van der Waals surface area contributed by atoms with Gasteiger partial charge in [0, 0.05) is 13.0 Å². The zero-order valence-corrected chi connectivity index (χ0v) is 7.45. The van der Waals surface area contributed by atoms with E-state index in [0.29, 0.717) is 0 Å². The van der Waals surface area contributed by atoms with Crippen molar-refractivity contribution < 1.29 is 19.1 Å². The quantitative estimate of drug-likeness (QED) is 0.735. The average Bonchev–Trinajstić information content (AvgIpc) is 2.01. The number of ketones is 1. The van der Waals surface area contributed by atoms with Crippen molar-refractivity contribution in [2.45, 2.75) is 13.3 Å². The van der Waals surface area contributed by atoms with Crippen LogP contribution in [0.5, 0.6) is 0 Å². The summed E-state index contributed by atoms with van der Waals surface area (Å²) in [5, 5.41) is 8.44. The molecule has 0 aromatic carbocycles. The Hall–Kier alpha value is -1.78. The number of hydrogen-bond acceptors (Lipinski definition) is 3. The Balaban J connectivity index is 3.07. The van der Waals surface area contributed by atoms with Gasteiger partial charge >= 0.3 is 5.97 Å². The van der Waals surface area contributed by atoms with Crippen LogP contribution in [-0.4, -0.2) is 21.8 Å². The lowest BCUT2D eigenvalue weighted by molar-refractivity contribution is -0.136. The normalized spacial score (nSPS) is 9.86. The molecule has 74 valence electrons. The highest BCUT2D eigenvalue weighted by molar-refractivity contribution is 5.92. The Morgan fingerprint density at radius 2 is 2.14 bits per heavy atom. The molecular formula is C9H8FNO3. The number of carboxylic acids is 1. The van der Waals surface area contributed by atoms with Crippen LogP contribution in [0.4, 0.5) is 4.39 Å². The molecule has 0 saturated carbocycles. The molecule has 0 atom stereocenters. The number of carbonyl (C=O) groups excluding carboxylic acids is 1. The minimum absolute atomic E-state index is 0.0442. The lowest BCUT2D eigenvalue weighted by atomic mass is 10.2. The molecule has 0 aliphatic heterocycles. The van der Waals surface area contributed by atoms with Gasteiger partial charge in [-0.1, -0.05) is 0 Å². The summed E-state index contributed by atoms with van der Waals surface area (Å²) in [5.74, 6) is -2.16. The van der Waals surface area contributed by atoms with Crippen molar-refractivity contribution in [2.24, 2.45) is 0 Å². The molecule has 0 fully saturated rings. The molecule has 0 bridgehead atoms. The van der Waals surface area contributed by atoms with E-state index < -0.39 is 24.0 Å². The summed E-state index contributed by atoms with van der Waals surface area (Å²) in [6.45, 7) is 1.24. The molecule has 4 nitrogen and oxygen atoms in total. The first-order valence-electron chi connectivity index (χ1n) is 3.88. The Morgan fingerprint density at radius 1 is 1.50 bits per heavy atom. The smallest absolute Gasteiger partial charge is 0.309 e. The molecule has 0 spiro atoms. The van der Waals surface area contributed by atoms with Gasteiger partial charge in [-0.15, -0.1) is 0 Å². The van der Waals surface area contributed by atoms with Crippen LogP contribution in [0.25, 0.3) is 0 Å². The molecule has 14 heavy (non-hydrogen) atoms. The van der Waals surface area contributed by atoms with Crippen LogP contribution in [0.15, 0.2) is 12.1 Å². The second-order valence-corrected chi connectivity index (χ2v) is 2.79. The molecule has 1 heterocycles. The summed E-state index contributed by atoms with van der Waals surface area (Å²) in [4.78, 5) is 24.9. The Kier molecular flexibility index (Phi) is 2.91. The fourth-order valence-electron chi connectivity index (χ4n) is 0.977. The number of rotatable bonds is 3. The maximum Gasteiger partial charge on any atom is 0.309 e. The molecule has 1 N–H and O–H groups in total. The summed E-state index contributed by atoms with van der Waals surface area (Å²) in [5.41, 5.74) is -0.0102. The van der Waals surface area contributed by atoms with Gasteiger partial charge in [-0.2, -0.15) is 0 Å². The van der Waals surface area contributed by atoms with Gasteiger partial charge in [0.15, 0.2) is 5.78 Å². The molecule has 1 aromatic rings. The highest BCUT2D eigenvalue weighted by Gasteiger charge is 2.08. The van der Waals surface area contributed by atoms with Crippen molar-refractivity contribution in [2.75, 3.05) is 0 Å². The van der Waals surface area contributed by atoms with Gasteiger partial charge in [0.05, 0.1) is 12.1 Å². The van der Waals surface area contributed by atoms with Gasteiger partial charge in [-0.25, -0.2) is 9.37 Å². The number of halogens is 1. The third kappa shape index (κ3) is 2.62. The van der Waals surface area contributed by atoms with Gasteiger partial charge in [-0.3, -0.25) is 9.59 Å². The van der Waals surface area contributed by atoms with Crippen LogP contribution in [0.2, 0.25) is 0 Å². The van der Waals surface area contributed by atoms with E-state index in [2.05, 4.69) is 4.98 Å². The van der Waals surface area contributed by atoms with Gasteiger partial charge < -0.3 is 5.11 Å². The minimum Gasteiger partial charge on any atom is -0.481 e. The molecule has 5 heteroatoms. The van der Waals surface area contributed by atoms with Gasteiger partial charge in [0.2, 0.25) is 0 Å². The summed E-state index contributed by atoms with van der Waals surface area (Å²) in [6, 6.07) is 1.98. The molecule has 0 aliphatic carbocycles. The van der Waals surface area contributed by atoms with E-state index in [4.69, 9.17) is 5.11 Å². The molecular weight excluding hydrogens is 189 g/mol. The van der Waals surface area contributed by atoms with Crippen molar-refractivity contribution in [1.82, 2.24) is 4.98 Å². The second kappa shape index (κ2) is 3.95. The number of pyridine rings is 1. The van der Waals surface area contributed by atoms with Crippen LogP contribution in [0, 0.1) is 5.82 Å². The summed E-state index contributed by atoms with van der Waals surface area (Å²) in [6.07, 6.45) is -0.391. The molecule has 0 unspecified atom stereocenters. The molecule has 1 rings (SSSR count). The third-order valence-electron chi connectivity index (χ3n) is 1.54. The van der Waals surface area contributed by atoms with E-state index in [1.807, 2.05) is 0 Å². The van der Waals surface area contributed by atoms with Gasteiger partial charge in [0.1, 0.15) is 11.5 Å². The van der Waals surface area contributed by atoms with E-state index in [1.54, 1.807) is 0 Å². The van der Waals surface area contributed by atoms with Gasteiger partial charge in [-0.05, 0) is 6.07 Å². The molecule has 0 aliphatic rings. The van der Waals surface area contributed by atoms with Crippen LogP contribution >= 0.6 is 0 Å². The van der Waals surface area contributed by atoms with Crippen LogP contribution in [-0.2, 0) is 11.2 Å².